The molecule has 3 rings (SSSR count). The highest BCUT2D eigenvalue weighted by molar-refractivity contribution is 9.10. The van der Waals surface area contributed by atoms with Crippen molar-refractivity contribution in [2.45, 2.75) is 25.4 Å². The summed E-state index contributed by atoms with van der Waals surface area (Å²) in [7, 11) is 0. The minimum atomic E-state index is -0.357. The normalized spacial score (nSPS) is 22.0. The maximum atomic E-state index is 10.5. The number of fused-ring (bicyclic) bond motifs is 1. The van der Waals surface area contributed by atoms with Crippen LogP contribution >= 0.6 is 15.9 Å². The third-order valence-electron chi connectivity index (χ3n) is 3.86. The minimum absolute atomic E-state index is 0.283. The summed E-state index contributed by atoms with van der Waals surface area (Å²) in [4.78, 5) is 4.19. The van der Waals surface area contributed by atoms with Crippen LogP contribution in [-0.2, 0) is 12.8 Å². The summed E-state index contributed by atoms with van der Waals surface area (Å²) in [5.74, 6) is 0.283. The first-order valence-electron chi connectivity index (χ1n) is 6.59. The molecule has 0 radical (unpaired) electrons. The molecule has 1 aromatic carbocycles. The van der Waals surface area contributed by atoms with Crippen LogP contribution in [0.5, 0.6) is 0 Å². The van der Waals surface area contributed by atoms with Crippen molar-refractivity contribution < 1.29 is 5.11 Å². The van der Waals surface area contributed by atoms with Gasteiger partial charge in [-0.1, -0.05) is 24.3 Å². The number of hydrogen-bond donors (Lipinski definition) is 1. The Kier molecular flexibility index (Phi) is 3.67. The van der Waals surface area contributed by atoms with Gasteiger partial charge < -0.3 is 5.11 Å². The molecule has 0 amide bonds. The van der Waals surface area contributed by atoms with Crippen LogP contribution in [0.15, 0.2) is 47.2 Å². The Bertz CT molecular complexity index is 584. The van der Waals surface area contributed by atoms with E-state index in [1.807, 2.05) is 24.4 Å². The fourth-order valence-corrected chi connectivity index (χ4v) is 3.30. The van der Waals surface area contributed by atoms with E-state index in [2.05, 4.69) is 33.0 Å². The lowest BCUT2D eigenvalue weighted by molar-refractivity contribution is 0.0936. The van der Waals surface area contributed by atoms with E-state index in [1.54, 1.807) is 6.20 Å². The Balaban J connectivity index is 1.81. The van der Waals surface area contributed by atoms with Crippen molar-refractivity contribution in [1.29, 1.82) is 0 Å². The predicted molar refractivity (Wildman–Crippen MR) is 78.9 cm³/mol. The lowest BCUT2D eigenvalue weighted by Gasteiger charge is -2.30. The molecule has 0 saturated carbocycles. The first kappa shape index (κ1) is 12.8. The molecular formula is C16H16BrNO. The Hall–Kier alpha value is -1.19. The van der Waals surface area contributed by atoms with Gasteiger partial charge in [0.05, 0.1) is 6.10 Å². The van der Waals surface area contributed by atoms with Crippen LogP contribution in [0.3, 0.4) is 0 Å². The largest absolute Gasteiger partial charge is 0.388 e. The number of hydrogen-bond acceptors (Lipinski definition) is 2. The van der Waals surface area contributed by atoms with Crippen LogP contribution in [0.4, 0.5) is 0 Å². The molecule has 2 unspecified atom stereocenters. The molecule has 0 bridgehead atoms. The molecule has 98 valence electrons. The Labute approximate surface area is 121 Å². The molecule has 0 spiro atoms. The van der Waals surface area contributed by atoms with Crippen molar-refractivity contribution in [3.8, 4) is 0 Å². The molecule has 1 aromatic heterocycles. The molecule has 19 heavy (non-hydrogen) atoms. The zero-order valence-electron chi connectivity index (χ0n) is 10.6. The van der Waals surface area contributed by atoms with E-state index in [-0.39, 0.29) is 12.0 Å². The number of aliphatic hydroxyl groups is 1. The number of aryl methyl sites for hydroxylation is 1. The molecule has 1 aliphatic carbocycles. The number of benzene rings is 1. The third kappa shape index (κ3) is 2.72. The average Bonchev–Trinajstić information content (AvgIpc) is 2.42. The maximum Gasteiger partial charge on any atom is 0.0824 e. The van der Waals surface area contributed by atoms with E-state index >= 15 is 0 Å². The van der Waals surface area contributed by atoms with Gasteiger partial charge in [-0.15, -0.1) is 0 Å². The molecule has 0 fully saturated rings. The van der Waals surface area contributed by atoms with E-state index in [1.165, 1.54) is 11.1 Å². The summed E-state index contributed by atoms with van der Waals surface area (Å²) in [5, 5.41) is 10.5. The predicted octanol–water partition coefficient (Wildman–Crippen LogP) is 3.68. The first-order valence-corrected chi connectivity index (χ1v) is 7.38. The second kappa shape index (κ2) is 5.43. The van der Waals surface area contributed by atoms with Crippen molar-refractivity contribution in [3.05, 3.63) is 63.9 Å². The van der Waals surface area contributed by atoms with Crippen molar-refractivity contribution in [2.24, 2.45) is 5.92 Å². The summed E-state index contributed by atoms with van der Waals surface area (Å²) in [6.07, 6.45) is 6.28. The Morgan fingerprint density at radius 2 is 2.11 bits per heavy atom. The molecular weight excluding hydrogens is 302 g/mol. The Morgan fingerprint density at radius 1 is 1.26 bits per heavy atom. The van der Waals surface area contributed by atoms with Crippen LogP contribution in [0.2, 0.25) is 0 Å². The molecule has 2 nitrogen and oxygen atoms in total. The van der Waals surface area contributed by atoms with Gasteiger partial charge in [0.25, 0.3) is 0 Å². The van der Waals surface area contributed by atoms with Crippen LogP contribution in [-0.4, -0.2) is 10.1 Å². The number of rotatable bonds is 2. The van der Waals surface area contributed by atoms with Gasteiger partial charge in [0.1, 0.15) is 0 Å². The Morgan fingerprint density at radius 3 is 2.95 bits per heavy atom. The average molecular weight is 318 g/mol. The van der Waals surface area contributed by atoms with Crippen molar-refractivity contribution in [1.82, 2.24) is 4.98 Å². The van der Waals surface area contributed by atoms with Crippen LogP contribution < -0.4 is 0 Å². The maximum absolute atomic E-state index is 10.5. The monoisotopic (exact) mass is 317 g/mol. The molecule has 1 N–H and O–H groups in total. The number of aliphatic hydroxyl groups excluding tert-OH is 1. The zero-order valence-corrected chi connectivity index (χ0v) is 12.2. The molecule has 2 atom stereocenters. The smallest absolute Gasteiger partial charge is 0.0824 e. The molecule has 0 saturated heterocycles. The SMILES string of the molecule is OC1c2ccccc2CCC1Cc1cncc(Br)c1. The minimum Gasteiger partial charge on any atom is -0.388 e. The van der Waals surface area contributed by atoms with Gasteiger partial charge in [-0.2, -0.15) is 0 Å². The third-order valence-corrected chi connectivity index (χ3v) is 4.30. The quantitative estimate of drug-likeness (QED) is 0.916. The number of nitrogens with zero attached hydrogens (tertiary/aromatic N) is 1. The van der Waals surface area contributed by atoms with Gasteiger partial charge in [-0.3, -0.25) is 4.98 Å². The van der Waals surface area contributed by atoms with Gasteiger partial charge in [0, 0.05) is 16.9 Å². The lowest BCUT2D eigenvalue weighted by Crippen LogP contribution is -2.22. The van der Waals surface area contributed by atoms with E-state index in [0.717, 1.165) is 29.3 Å². The van der Waals surface area contributed by atoms with Gasteiger partial charge in [0.2, 0.25) is 0 Å². The second-order valence-electron chi connectivity index (χ2n) is 5.16. The molecule has 1 aliphatic rings. The van der Waals surface area contributed by atoms with E-state index in [9.17, 15) is 5.11 Å². The highest BCUT2D eigenvalue weighted by Crippen LogP contribution is 2.36. The summed E-state index contributed by atoms with van der Waals surface area (Å²) >= 11 is 3.44. The molecule has 0 aliphatic heterocycles. The number of aromatic nitrogens is 1. The van der Waals surface area contributed by atoms with Gasteiger partial charge in [-0.25, -0.2) is 0 Å². The van der Waals surface area contributed by atoms with Crippen molar-refractivity contribution >= 4 is 15.9 Å². The summed E-state index contributed by atoms with van der Waals surface area (Å²) in [5.41, 5.74) is 3.57. The van der Waals surface area contributed by atoms with Gasteiger partial charge in [-0.05, 0) is 63.9 Å². The highest BCUT2D eigenvalue weighted by atomic mass is 79.9. The highest BCUT2D eigenvalue weighted by Gasteiger charge is 2.27. The fourth-order valence-electron chi connectivity index (χ4n) is 2.89. The van der Waals surface area contributed by atoms with Crippen LogP contribution in [0.1, 0.15) is 29.2 Å². The van der Waals surface area contributed by atoms with Gasteiger partial charge >= 0.3 is 0 Å². The summed E-state index contributed by atoms with van der Waals surface area (Å²) in [6.45, 7) is 0. The number of halogens is 1. The first-order chi connectivity index (χ1) is 9.24. The molecule has 1 heterocycles. The standard InChI is InChI=1S/C16H16BrNO/c17-14-8-11(9-18-10-14)7-13-6-5-12-3-1-2-4-15(12)16(13)19/h1-4,8-10,13,16,19H,5-7H2. The molecule has 3 heteroatoms. The van der Waals surface area contributed by atoms with E-state index in [0.29, 0.717) is 0 Å². The summed E-state index contributed by atoms with van der Waals surface area (Å²) < 4.78 is 0.996. The fraction of sp³-hybridized carbons (Fsp3) is 0.312. The zero-order chi connectivity index (χ0) is 13.2. The van der Waals surface area contributed by atoms with Gasteiger partial charge in [0.15, 0.2) is 0 Å². The van der Waals surface area contributed by atoms with Crippen molar-refractivity contribution in [2.75, 3.05) is 0 Å². The topological polar surface area (TPSA) is 33.1 Å². The van der Waals surface area contributed by atoms with Crippen LogP contribution in [0.25, 0.3) is 0 Å². The van der Waals surface area contributed by atoms with E-state index < -0.39 is 0 Å². The molecule has 2 aromatic rings. The second-order valence-corrected chi connectivity index (χ2v) is 6.07. The lowest BCUT2D eigenvalue weighted by atomic mass is 9.79. The number of pyridine rings is 1. The van der Waals surface area contributed by atoms with E-state index in [4.69, 9.17) is 0 Å². The summed E-state index contributed by atoms with van der Waals surface area (Å²) in [6, 6.07) is 10.3. The van der Waals surface area contributed by atoms with Crippen LogP contribution in [0, 0.1) is 5.92 Å². The van der Waals surface area contributed by atoms with Crippen molar-refractivity contribution in [3.63, 3.8) is 0 Å².